The molecule has 1 heterocycles. The second-order valence-corrected chi connectivity index (χ2v) is 4.56. The lowest BCUT2D eigenvalue weighted by molar-refractivity contribution is 0.198. The summed E-state index contributed by atoms with van der Waals surface area (Å²) < 4.78 is 15.2. The van der Waals surface area contributed by atoms with Crippen molar-refractivity contribution in [2.45, 2.75) is 23.1 Å². The minimum absolute atomic E-state index is 0.392. The molecule has 0 aliphatic rings. The lowest BCUT2D eigenvalue weighted by atomic mass is 10.1. The van der Waals surface area contributed by atoms with Crippen molar-refractivity contribution in [1.29, 1.82) is 0 Å². The maximum atomic E-state index is 13.7. The van der Waals surface area contributed by atoms with E-state index in [-0.39, 0.29) is 0 Å². The number of aryl methyl sites for hydroxylation is 1. The Labute approximate surface area is 102 Å². The highest BCUT2D eigenvalue weighted by atomic mass is 32.2. The van der Waals surface area contributed by atoms with E-state index in [4.69, 9.17) is 0 Å². The van der Waals surface area contributed by atoms with Crippen LogP contribution in [0, 0.1) is 5.82 Å². The molecule has 1 N–H and O–H groups in total. The van der Waals surface area contributed by atoms with Crippen LogP contribution in [-0.2, 0) is 7.05 Å². The van der Waals surface area contributed by atoms with Gasteiger partial charge in [-0.1, -0.05) is 6.07 Å². The third kappa shape index (κ3) is 2.62. The predicted molar refractivity (Wildman–Crippen MR) is 60.0 cm³/mol. The van der Waals surface area contributed by atoms with E-state index < -0.39 is 11.9 Å². The summed E-state index contributed by atoms with van der Waals surface area (Å²) in [5.41, 5.74) is 0.544. The number of aliphatic hydroxyl groups is 1. The highest BCUT2D eigenvalue weighted by Crippen LogP contribution is 2.29. The summed E-state index contributed by atoms with van der Waals surface area (Å²) in [5, 5.41) is 20.7. The van der Waals surface area contributed by atoms with Gasteiger partial charge in [-0.05, 0) is 46.8 Å². The number of nitrogens with zero attached hydrogens (tertiary/aromatic N) is 4. The lowest BCUT2D eigenvalue weighted by Gasteiger charge is -2.07. The third-order valence-electron chi connectivity index (χ3n) is 2.22. The van der Waals surface area contributed by atoms with Crippen molar-refractivity contribution in [2.24, 2.45) is 7.05 Å². The van der Waals surface area contributed by atoms with E-state index in [0.717, 1.165) is 11.8 Å². The largest absolute Gasteiger partial charge is 0.389 e. The van der Waals surface area contributed by atoms with E-state index in [1.165, 1.54) is 10.7 Å². The molecule has 0 unspecified atom stereocenters. The van der Waals surface area contributed by atoms with Gasteiger partial charge in [0.2, 0.25) is 5.16 Å². The molecular formula is C10H11FN4OS. The van der Waals surface area contributed by atoms with Gasteiger partial charge < -0.3 is 5.11 Å². The van der Waals surface area contributed by atoms with Crippen molar-refractivity contribution in [2.75, 3.05) is 0 Å². The molecule has 90 valence electrons. The zero-order chi connectivity index (χ0) is 12.4. The Morgan fingerprint density at radius 1 is 1.47 bits per heavy atom. The molecule has 7 heteroatoms. The van der Waals surface area contributed by atoms with Gasteiger partial charge in [-0.2, -0.15) is 0 Å². The Morgan fingerprint density at radius 3 is 2.76 bits per heavy atom. The summed E-state index contributed by atoms with van der Waals surface area (Å²) in [5.74, 6) is -0.392. The van der Waals surface area contributed by atoms with Crippen molar-refractivity contribution < 1.29 is 9.50 Å². The van der Waals surface area contributed by atoms with E-state index >= 15 is 0 Å². The van der Waals surface area contributed by atoms with Gasteiger partial charge in [0.25, 0.3) is 0 Å². The molecule has 2 rings (SSSR count). The van der Waals surface area contributed by atoms with Crippen molar-refractivity contribution >= 4 is 11.8 Å². The maximum Gasteiger partial charge on any atom is 0.213 e. The molecular weight excluding hydrogens is 243 g/mol. The van der Waals surface area contributed by atoms with Crippen LogP contribution >= 0.6 is 11.8 Å². The quantitative estimate of drug-likeness (QED) is 0.900. The molecule has 1 aromatic heterocycles. The minimum atomic E-state index is -0.681. The van der Waals surface area contributed by atoms with Crippen LogP contribution in [0.4, 0.5) is 4.39 Å². The first-order valence-electron chi connectivity index (χ1n) is 4.95. The smallest absolute Gasteiger partial charge is 0.213 e. The molecule has 1 aromatic carbocycles. The Bertz CT molecular complexity index is 529. The van der Waals surface area contributed by atoms with E-state index in [1.54, 1.807) is 26.1 Å². The Kier molecular flexibility index (Phi) is 3.39. The minimum Gasteiger partial charge on any atom is -0.389 e. The molecule has 5 nitrogen and oxygen atoms in total. The fraction of sp³-hybridized carbons (Fsp3) is 0.300. The summed E-state index contributed by atoms with van der Waals surface area (Å²) >= 11 is 1.14. The number of tetrazole rings is 1. The molecule has 0 amide bonds. The van der Waals surface area contributed by atoms with Gasteiger partial charge in [0.15, 0.2) is 0 Å². The summed E-state index contributed by atoms with van der Waals surface area (Å²) in [4.78, 5) is 0.423. The first-order chi connectivity index (χ1) is 8.08. The molecule has 0 saturated carbocycles. The zero-order valence-electron chi connectivity index (χ0n) is 9.33. The average Bonchev–Trinajstić information content (AvgIpc) is 2.67. The SMILES string of the molecule is C[C@H](O)c1ccc(Sc2nnnn2C)c(F)c1. The molecule has 17 heavy (non-hydrogen) atoms. The number of benzene rings is 1. The van der Waals surface area contributed by atoms with Crippen LogP contribution in [0.2, 0.25) is 0 Å². The standard InChI is InChI=1S/C10H11FN4OS/c1-6(16)7-3-4-9(8(11)5-7)17-10-12-13-14-15(10)2/h3-6,16H,1-2H3/t6-/m0/s1. The van der Waals surface area contributed by atoms with E-state index in [2.05, 4.69) is 15.5 Å². The van der Waals surface area contributed by atoms with Crippen molar-refractivity contribution in [1.82, 2.24) is 20.2 Å². The second kappa shape index (κ2) is 4.80. The number of hydrogen-bond donors (Lipinski definition) is 1. The lowest BCUT2D eigenvalue weighted by Crippen LogP contribution is -1.95. The first kappa shape index (κ1) is 12.0. The van der Waals surface area contributed by atoms with Gasteiger partial charge in [-0.15, -0.1) is 5.10 Å². The van der Waals surface area contributed by atoms with Crippen LogP contribution in [0.5, 0.6) is 0 Å². The molecule has 0 fully saturated rings. The molecule has 0 bridgehead atoms. The molecule has 0 spiro atoms. The van der Waals surface area contributed by atoms with Gasteiger partial charge in [-0.3, -0.25) is 0 Å². The van der Waals surface area contributed by atoms with Crippen LogP contribution in [0.25, 0.3) is 0 Å². The van der Waals surface area contributed by atoms with Crippen molar-refractivity contribution in [3.63, 3.8) is 0 Å². The predicted octanol–water partition coefficient (Wildman–Crippen LogP) is 1.55. The summed E-state index contributed by atoms with van der Waals surface area (Å²) in [7, 11) is 1.68. The van der Waals surface area contributed by atoms with E-state index in [9.17, 15) is 9.50 Å². The Hall–Kier alpha value is -1.47. The monoisotopic (exact) mass is 254 g/mol. The summed E-state index contributed by atoms with van der Waals surface area (Å²) in [6, 6.07) is 4.60. The summed E-state index contributed by atoms with van der Waals surface area (Å²) in [6.45, 7) is 1.59. The number of rotatable bonds is 3. The van der Waals surface area contributed by atoms with Gasteiger partial charge in [-0.25, -0.2) is 9.07 Å². The van der Waals surface area contributed by atoms with Crippen LogP contribution in [0.3, 0.4) is 0 Å². The molecule has 0 aliphatic carbocycles. The van der Waals surface area contributed by atoms with Gasteiger partial charge >= 0.3 is 0 Å². The van der Waals surface area contributed by atoms with Gasteiger partial charge in [0.05, 0.1) is 11.0 Å². The normalized spacial score (nSPS) is 12.7. The molecule has 1 atom stereocenters. The number of aliphatic hydroxyl groups excluding tert-OH is 1. The average molecular weight is 254 g/mol. The zero-order valence-corrected chi connectivity index (χ0v) is 10.1. The van der Waals surface area contributed by atoms with E-state index in [0.29, 0.717) is 15.6 Å². The maximum absolute atomic E-state index is 13.7. The molecule has 2 aromatic rings. The number of hydrogen-bond acceptors (Lipinski definition) is 5. The highest BCUT2D eigenvalue weighted by molar-refractivity contribution is 7.99. The van der Waals surface area contributed by atoms with Crippen LogP contribution in [0.1, 0.15) is 18.6 Å². The second-order valence-electron chi connectivity index (χ2n) is 3.55. The Balaban J connectivity index is 2.26. The topological polar surface area (TPSA) is 63.8 Å². The van der Waals surface area contributed by atoms with Crippen molar-refractivity contribution in [3.05, 3.63) is 29.6 Å². The van der Waals surface area contributed by atoms with Crippen LogP contribution in [0.15, 0.2) is 28.3 Å². The first-order valence-corrected chi connectivity index (χ1v) is 5.77. The fourth-order valence-corrected chi connectivity index (χ4v) is 2.00. The highest BCUT2D eigenvalue weighted by Gasteiger charge is 2.11. The molecule has 0 aliphatic heterocycles. The Morgan fingerprint density at radius 2 is 2.24 bits per heavy atom. The number of aromatic nitrogens is 4. The molecule has 0 saturated heterocycles. The summed E-state index contributed by atoms with van der Waals surface area (Å²) in [6.07, 6.45) is -0.681. The van der Waals surface area contributed by atoms with Gasteiger partial charge in [0, 0.05) is 7.05 Å². The third-order valence-corrected chi connectivity index (χ3v) is 3.30. The van der Waals surface area contributed by atoms with Gasteiger partial charge in [0.1, 0.15) is 5.82 Å². The van der Waals surface area contributed by atoms with Crippen LogP contribution < -0.4 is 0 Å². The van der Waals surface area contributed by atoms with Crippen molar-refractivity contribution in [3.8, 4) is 0 Å². The fourth-order valence-electron chi connectivity index (χ4n) is 1.27. The van der Waals surface area contributed by atoms with E-state index in [1.807, 2.05) is 0 Å². The van der Waals surface area contributed by atoms with Crippen LogP contribution in [-0.4, -0.2) is 25.3 Å². The molecule has 0 radical (unpaired) electrons. The number of halogens is 1.